The molecule has 0 unspecified atom stereocenters. The fourth-order valence-electron chi connectivity index (χ4n) is 1.36. The lowest BCUT2D eigenvalue weighted by Gasteiger charge is -2.12. The summed E-state index contributed by atoms with van der Waals surface area (Å²) >= 11 is 0. The SMILES string of the molecule is CC1(Nc2cccc([N+](=O)[O-])c2)CC1. The van der Waals surface area contributed by atoms with Gasteiger partial charge in [-0.05, 0) is 25.8 Å². The number of nitrogens with one attached hydrogen (secondary N) is 1. The highest BCUT2D eigenvalue weighted by Crippen LogP contribution is 2.38. The van der Waals surface area contributed by atoms with E-state index in [4.69, 9.17) is 0 Å². The Morgan fingerprint density at radius 1 is 1.50 bits per heavy atom. The summed E-state index contributed by atoms with van der Waals surface area (Å²) in [6.45, 7) is 2.12. The van der Waals surface area contributed by atoms with E-state index >= 15 is 0 Å². The summed E-state index contributed by atoms with van der Waals surface area (Å²) in [5, 5.41) is 13.8. The molecule has 14 heavy (non-hydrogen) atoms. The molecule has 0 spiro atoms. The molecule has 0 bridgehead atoms. The molecule has 0 radical (unpaired) electrons. The van der Waals surface area contributed by atoms with E-state index < -0.39 is 0 Å². The van der Waals surface area contributed by atoms with Crippen molar-refractivity contribution >= 4 is 11.4 Å². The molecule has 0 aromatic heterocycles. The molecule has 1 saturated carbocycles. The Bertz CT molecular complexity index is 372. The summed E-state index contributed by atoms with van der Waals surface area (Å²) in [7, 11) is 0. The van der Waals surface area contributed by atoms with E-state index in [-0.39, 0.29) is 16.1 Å². The van der Waals surface area contributed by atoms with Crippen LogP contribution in [0.4, 0.5) is 11.4 Å². The zero-order valence-corrected chi connectivity index (χ0v) is 7.99. The predicted octanol–water partition coefficient (Wildman–Crippen LogP) is 2.56. The Labute approximate surface area is 82.1 Å². The first kappa shape index (κ1) is 8.99. The lowest BCUT2D eigenvalue weighted by Crippen LogP contribution is -2.15. The third kappa shape index (κ3) is 1.84. The molecule has 0 heterocycles. The van der Waals surface area contributed by atoms with Crippen molar-refractivity contribution in [3.05, 3.63) is 34.4 Å². The van der Waals surface area contributed by atoms with E-state index in [2.05, 4.69) is 12.2 Å². The maximum atomic E-state index is 10.5. The minimum atomic E-state index is -0.375. The van der Waals surface area contributed by atoms with Crippen LogP contribution in [0.1, 0.15) is 19.8 Å². The first-order valence-corrected chi connectivity index (χ1v) is 4.62. The Kier molecular flexibility index (Phi) is 1.91. The Hall–Kier alpha value is -1.58. The van der Waals surface area contributed by atoms with E-state index in [1.807, 2.05) is 6.07 Å². The predicted molar refractivity (Wildman–Crippen MR) is 54.4 cm³/mol. The minimum Gasteiger partial charge on any atom is -0.380 e. The van der Waals surface area contributed by atoms with Gasteiger partial charge in [0.1, 0.15) is 0 Å². The molecule has 1 aliphatic carbocycles. The van der Waals surface area contributed by atoms with Crippen molar-refractivity contribution in [3.8, 4) is 0 Å². The van der Waals surface area contributed by atoms with Crippen molar-refractivity contribution in [2.75, 3.05) is 5.32 Å². The van der Waals surface area contributed by atoms with Crippen LogP contribution in [0.25, 0.3) is 0 Å². The Morgan fingerprint density at radius 2 is 2.21 bits per heavy atom. The van der Waals surface area contributed by atoms with Gasteiger partial charge in [-0.2, -0.15) is 0 Å². The maximum Gasteiger partial charge on any atom is 0.271 e. The summed E-state index contributed by atoms with van der Waals surface area (Å²) in [6, 6.07) is 6.63. The Balaban J connectivity index is 2.17. The molecule has 1 aromatic rings. The Morgan fingerprint density at radius 3 is 2.79 bits per heavy atom. The molecule has 2 rings (SSSR count). The number of hydrogen-bond acceptors (Lipinski definition) is 3. The molecule has 1 aromatic carbocycles. The zero-order valence-electron chi connectivity index (χ0n) is 7.99. The summed E-state index contributed by atoms with van der Waals surface area (Å²) in [5.74, 6) is 0. The van der Waals surface area contributed by atoms with Crippen molar-refractivity contribution in [1.82, 2.24) is 0 Å². The average Bonchev–Trinajstić information content (AvgIpc) is 2.83. The number of nitrogens with zero attached hydrogens (tertiary/aromatic N) is 1. The molecule has 0 amide bonds. The van der Waals surface area contributed by atoms with Gasteiger partial charge in [-0.1, -0.05) is 6.07 Å². The van der Waals surface area contributed by atoms with Crippen molar-refractivity contribution in [2.24, 2.45) is 0 Å². The normalized spacial score (nSPS) is 17.5. The molecule has 4 heteroatoms. The number of hydrogen-bond donors (Lipinski definition) is 1. The van der Waals surface area contributed by atoms with Crippen molar-refractivity contribution in [1.29, 1.82) is 0 Å². The van der Waals surface area contributed by atoms with Gasteiger partial charge in [0, 0.05) is 23.4 Å². The molecular formula is C10H12N2O2. The highest BCUT2D eigenvalue weighted by molar-refractivity contribution is 5.53. The minimum absolute atomic E-state index is 0.138. The molecule has 4 nitrogen and oxygen atoms in total. The molecule has 1 fully saturated rings. The second kappa shape index (κ2) is 2.97. The maximum absolute atomic E-state index is 10.5. The summed E-state index contributed by atoms with van der Waals surface area (Å²) in [6.07, 6.45) is 2.27. The van der Waals surface area contributed by atoms with Gasteiger partial charge >= 0.3 is 0 Å². The molecule has 1 N–H and O–H groups in total. The van der Waals surface area contributed by atoms with E-state index in [0.717, 1.165) is 18.5 Å². The highest BCUT2D eigenvalue weighted by atomic mass is 16.6. The topological polar surface area (TPSA) is 55.2 Å². The lowest BCUT2D eigenvalue weighted by molar-refractivity contribution is -0.384. The second-order valence-electron chi connectivity index (χ2n) is 3.99. The van der Waals surface area contributed by atoms with Gasteiger partial charge in [-0.15, -0.1) is 0 Å². The quantitative estimate of drug-likeness (QED) is 0.591. The van der Waals surface area contributed by atoms with Gasteiger partial charge in [0.2, 0.25) is 0 Å². The van der Waals surface area contributed by atoms with Crippen LogP contribution >= 0.6 is 0 Å². The third-order valence-corrected chi connectivity index (χ3v) is 2.50. The van der Waals surface area contributed by atoms with Crippen LogP contribution in [0.2, 0.25) is 0 Å². The highest BCUT2D eigenvalue weighted by Gasteiger charge is 2.37. The number of nitro groups is 1. The zero-order chi connectivity index (χ0) is 10.2. The smallest absolute Gasteiger partial charge is 0.271 e. The number of rotatable bonds is 3. The molecule has 1 aliphatic rings. The van der Waals surface area contributed by atoms with Crippen LogP contribution in [0.15, 0.2) is 24.3 Å². The van der Waals surface area contributed by atoms with Crippen molar-refractivity contribution < 1.29 is 4.92 Å². The van der Waals surface area contributed by atoms with E-state index in [1.54, 1.807) is 12.1 Å². The molecular weight excluding hydrogens is 180 g/mol. The van der Waals surface area contributed by atoms with Crippen molar-refractivity contribution in [3.63, 3.8) is 0 Å². The molecule has 0 saturated heterocycles. The van der Waals surface area contributed by atoms with Crippen LogP contribution in [-0.2, 0) is 0 Å². The van der Waals surface area contributed by atoms with E-state index in [9.17, 15) is 10.1 Å². The summed E-state index contributed by atoms with van der Waals surface area (Å²) in [5.41, 5.74) is 1.13. The van der Waals surface area contributed by atoms with Gasteiger partial charge in [0.15, 0.2) is 0 Å². The first-order valence-electron chi connectivity index (χ1n) is 4.62. The third-order valence-electron chi connectivity index (χ3n) is 2.50. The number of anilines is 1. The molecule has 0 aliphatic heterocycles. The van der Waals surface area contributed by atoms with Crippen molar-refractivity contribution in [2.45, 2.75) is 25.3 Å². The fraction of sp³-hybridized carbons (Fsp3) is 0.400. The number of non-ortho nitro benzene ring substituents is 1. The summed E-state index contributed by atoms with van der Waals surface area (Å²) in [4.78, 5) is 10.1. The average molecular weight is 192 g/mol. The standard InChI is InChI=1S/C10H12N2O2/c1-10(5-6-10)11-8-3-2-4-9(7-8)12(13)14/h2-4,7,11H,5-6H2,1H3. The first-order chi connectivity index (χ1) is 6.59. The number of nitro benzene ring substituents is 1. The fourth-order valence-corrected chi connectivity index (χ4v) is 1.36. The molecule has 0 atom stereocenters. The van der Waals surface area contributed by atoms with Crippen LogP contribution in [0.3, 0.4) is 0 Å². The second-order valence-corrected chi connectivity index (χ2v) is 3.99. The van der Waals surface area contributed by atoms with Gasteiger partial charge in [-0.25, -0.2) is 0 Å². The van der Waals surface area contributed by atoms with Crippen LogP contribution in [0, 0.1) is 10.1 Å². The molecule has 74 valence electrons. The van der Waals surface area contributed by atoms with Crippen LogP contribution in [-0.4, -0.2) is 10.5 Å². The van der Waals surface area contributed by atoms with E-state index in [0.29, 0.717) is 0 Å². The van der Waals surface area contributed by atoms with Crippen LogP contribution in [0.5, 0.6) is 0 Å². The monoisotopic (exact) mass is 192 g/mol. The summed E-state index contributed by atoms with van der Waals surface area (Å²) < 4.78 is 0. The lowest BCUT2D eigenvalue weighted by atomic mass is 10.2. The van der Waals surface area contributed by atoms with E-state index in [1.165, 1.54) is 6.07 Å². The number of benzene rings is 1. The van der Waals surface area contributed by atoms with Crippen LogP contribution < -0.4 is 5.32 Å². The van der Waals surface area contributed by atoms with Gasteiger partial charge < -0.3 is 5.32 Å². The van der Waals surface area contributed by atoms with Gasteiger partial charge in [0.25, 0.3) is 5.69 Å². The van der Waals surface area contributed by atoms with Gasteiger partial charge in [0.05, 0.1) is 4.92 Å². The van der Waals surface area contributed by atoms with Gasteiger partial charge in [-0.3, -0.25) is 10.1 Å². The largest absolute Gasteiger partial charge is 0.380 e.